The van der Waals surface area contributed by atoms with Crippen molar-refractivity contribution in [2.45, 2.75) is 44.2 Å². The Morgan fingerprint density at radius 3 is 2.62 bits per heavy atom. The van der Waals surface area contributed by atoms with E-state index >= 15 is 0 Å². The molecule has 8 nitrogen and oxygen atoms in total. The van der Waals surface area contributed by atoms with E-state index in [0.29, 0.717) is 36.0 Å². The average Bonchev–Trinajstić information content (AvgIpc) is 3.56. The SMILES string of the molecule is COc1cccc(NC(=O)N(C)CCN(C2CCOCC2)C2CCN(C(=O)C3CC3)C2)c1. The van der Waals surface area contributed by atoms with Crippen molar-refractivity contribution in [3.63, 3.8) is 0 Å². The largest absolute Gasteiger partial charge is 0.497 e. The molecular formula is C24H36N4O4. The number of amides is 3. The highest BCUT2D eigenvalue weighted by Gasteiger charge is 2.39. The molecule has 1 aliphatic carbocycles. The van der Waals surface area contributed by atoms with Crippen LogP contribution >= 0.6 is 0 Å². The van der Waals surface area contributed by atoms with Crippen molar-refractivity contribution in [3.05, 3.63) is 24.3 Å². The highest BCUT2D eigenvalue weighted by Crippen LogP contribution is 2.33. The molecule has 0 spiro atoms. The lowest BCUT2D eigenvalue weighted by Crippen LogP contribution is -2.50. The summed E-state index contributed by atoms with van der Waals surface area (Å²) in [4.78, 5) is 31.6. The van der Waals surface area contributed by atoms with E-state index in [9.17, 15) is 9.59 Å². The molecule has 0 radical (unpaired) electrons. The Balaban J connectivity index is 1.34. The monoisotopic (exact) mass is 444 g/mol. The third-order valence-electron chi connectivity index (χ3n) is 6.89. The second-order valence-corrected chi connectivity index (χ2v) is 9.17. The zero-order valence-corrected chi connectivity index (χ0v) is 19.3. The van der Waals surface area contributed by atoms with Gasteiger partial charge in [-0.25, -0.2) is 4.79 Å². The van der Waals surface area contributed by atoms with Crippen molar-refractivity contribution in [2.75, 3.05) is 58.9 Å². The summed E-state index contributed by atoms with van der Waals surface area (Å²) in [5.74, 6) is 1.33. The number of anilines is 1. The number of urea groups is 1. The number of hydrogen-bond donors (Lipinski definition) is 1. The summed E-state index contributed by atoms with van der Waals surface area (Å²) in [7, 11) is 3.44. The molecule has 1 aromatic rings. The fraction of sp³-hybridized carbons (Fsp3) is 0.667. The van der Waals surface area contributed by atoms with E-state index in [-0.39, 0.29) is 11.9 Å². The van der Waals surface area contributed by atoms with Gasteiger partial charge in [0.15, 0.2) is 0 Å². The second-order valence-electron chi connectivity index (χ2n) is 9.17. The Morgan fingerprint density at radius 1 is 1.12 bits per heavy atom. The zero-order valence-electron chi connectivity index (χ0n) is 19.3. The number of likely N-dealkylation sites (N-methyl/N-ethyl adjacent to an activating group) is 1. The van der Waals surface area contributed by atoms with Gasteiger partial charge in [0, 0.05) is 76.2 Å². The Labute approximate surface area is 190 Å². The number of nitrogens with zero attached hydrogens (tertiary/aromatic N) is 3. The van der Waals surface area contributed by atoms with E-state index in [2.05, 4.69) is 15.1 Å². The maximum atomic E-state index is 12.7. The summed E-state index contributed by atoms with van der Waals surface area (Å²) in [6, 6.07) is 8.04. The lowest BCUT2D eigenvalue weighted by atomic mass is 10.0. The highest BCUT2D eigenvalue weighted by atomic mass is 16.5. The normalized spacial score (nSPS) is 21.6. The number of hydrogen-bond acceptors (Lipinski definition) is 5. The van der Waals surface area contributed by atoms with Crippen LogP contribution in [-0.2, 0) is 9.53 Å². The van der Waals surface area contributed by atoms with Crippen LogP contribution in [0.25, 0.3) is 0 Å². The van der Waals surface area contributed by atoms with Gasteiger partial charge >= 0.3 is 6.03 Å². The summed E-state index contributed by atoms with van der Waals surface area (Å²) in [6.07, 6.45) is 5.13. The molecule has 1 saturated carbocycles. The number of carbonyl (C=O) groups is 2. The molecule has 1 atom stereocenters. The first-order valence-corrected chi connectivity index (χ1v) is 11.8. The summed E-state index contributed by atoms with van der Waals surface area (Å²) in [6.45, 7) is 4.65. The smallest absolute Gasteiger partial charge is 0.321 e. The number of ether oxygens (including phenoxy) is 2. The van der Waals surface area contributed by atoms with Gasteiger partial charge in [-0.1, -0.05) is 6.07 Å². The molecule has 32 heavy (non-hydrogen) atoms. The first kappa shape index (κ1) is 22.9. The van der Waals surface area contributed by atoms with Crippen molar-refractivity contribution in [2.24, 2.45) is 5.92 Å². The van der Waals surface area contributed by atoms with Gasteiger partial charge in [0.25, 0.3) is 0 Å². The quantitative estimate of drug-likeness (QED) is 0.667. The fourth-order valence-corrected chi connectivity index (χ4v) is 4.77. The van der Waals surface area contributed by atoms with Crippen LogP contribution in [0.2, 0.25) is 0 Å². The first-order valence-electron chi connectivity index (χ1n) is 11.8. The average molecular weight is 445 g/mol. The van der Waals surface area contributed by atoms with Crippen LogP contribution in [0.3, 0.4) is 0 Å². The fourth-order valence-electron chi connectivity index (χ4n) is 4.77. The van der Waals surface area contributed by atoms with E-state index < -0.39 is 0 Å². The molecule has 1 aromatic carbocycles. The molecule has 4 rings (SSSR count). The lowest BCUT2D eigenvalue weighted by molar-refractivity contribution is -0.131. The maximum absolute atomic E-state index is 12.7. The lowest BCUT2D eigenvalue weighted by Gasteiger charge is -2.39. The van der Waals surface area contributed by atoms with Crippen LogP contribution in [-0.4, -0.2) is 92.3 Å². The molecule has 3 fully saturated rings. The minimum atomic E-state index is -0.137. The molecule has 3 aliphatic rings. The van der Waals surface area contributed by atoms with E-state index in [1.54, 1.807) is 12.0 Å². The van der Waals surface area contributed by atoms with Gasteiger partial charge in [-0.3, -0.25) is 9.69 Å². The van der Waals surface area contributed by atoms with Gasteiger partial charge < -0.3 is 24.6 Å². The Morgan fingerprint density at radius 2 is 1.91 bits per heavy atom. The molecule has 0 aromatic heterocycles. The number of carbonyl (C=O) groups excluding carboxylic acids is 2. The molecule has 8 heteroatoms. The topological polar surface area (TPSA) is 74.4 Å². The summed E-state index contributed by atoms with van der Waals surface area (Å²) in [5, 5.41) is 2.95. The van der Waals surface area contributed by atoms with Crippen molar-refractivity contribution in [1.29, 1.82) is 0 Å². The summed E-state index contributed by atoms with van der Waals surface area (Å²) >= 11 is 0. The molecule has 1 unspecified atom stereocenters. The molecule has 2 saturated heterocycles. The van der Waals surface area contributed by atoms with Gasteiger partial charge in [0.05, 0.1) is 7.11 Å². The highest BCUT2D eigenvalue weighted by molar-refractivity contribution is 5.89. The Kier molecular flexibility index (Phi) is 7.52. The number of benzene rings is 1. The predicted molar refractivity (Wildman–Crippen MR) is 123 cm³/mol. The number of rotatable bonds is 8. The van der Waals surface area contributed by atoms with Crippen molar-refractivity contribution in [1.82, 2.24) is 14.7 Å². The van der Waals surface area contributed by atoms with E-state index in [0.717, 1.165) is 65.0 Å². The van der Waals surface area contributed by atoms with Gasteiger partial charge in [-0.2, -0.15) is 0 Å². The van der Waals surface area contributed by atoms with E-state index in [1.165, 1.54) is 0 Å². The number of methoxy groups -OCH3 is 1. The summed E-state index contributed by atoms with van der Waals surface area (Å²) in [5.41, 5.74) is 0.715. The first-order chi connectivity index (χ1) is 15.5. The molecule has 1 N–H and O–H groups in total. The molecule has 2 heterocycles. The Bertz CT molecular complexity index is 794. The van der Waals surface area contributed by atoms with E-state index in [1.807, 2.05) is 31.3 Å². The van der Waals surface area contributed by atoms with Crippen LogP contribution in [0.5, 0.6) is 5.75 Å². The van der Waals surface area contributed by atoms with Crippen molar-refractivity contribution < 1.29 is 19.1 Å². The van der Waals surface area contributed by atoms with Crippen molar-refractivity contribution in [3.8, 4) is 5.75 Å². The minimum absolute atomic E-state index is 0.137. The molecule has 3 amide bonds. The van der Waals surface area contributed by atoms with Crippen molar-refractivity contribution >= 4 is 17.6 Å². The van der Waals surface area contributed by atoms with Gasteiger partial charge in [0.2, 0.25) is 5.91 Å². The molecular weight excluding hydrogens is 408 g/mol. The predicted octanol–water partition coefficient (Wildman–Crippen LogP) is 2.65. The van der Waals surface area contributed by atoms with Crippen LogP contribution < -0.4 is 10.1 Å². The van der Waals surface area contributed by atoms with Crippen LogP contribution in [0.4, 0.5) is 10.5 Å². The molecule has 0 bridgehead atoms. The third-order valence-corrected chi connectivity index (χ3v) is 6.89. The van der Waals surface area contributed by atoms with Crippen LogP contribution in [0.1, 0.15) is 32.1 Å². The zero-order chi connectivity index (χ0) is 22.5. The molecule has 176 valence electrons. The number of nitrogens with one attached hydrogen (secondary N) is 1. The molecule has 2 aliphatic heterocycles. The van der Waals surface area contributed by atoms with Gasteiger partial charge in [0.1, 0.15) is 5.75 Å². The van der Waals surface area contributed by atoms with Crippen LogP contribution in [0, 0.1) is 5.92 Å². The van der Waals surface area contributed by atoms with Gasteiger partial charge in [-0.05, 0) is 44.2 Å². The second kappa shape index (κ2) is 10.5. The standard InChI is InChI=1S/C24H36N4O4/c1-26(24(30)25-19-4-3-5-22(16-19)31-2)12-13-28(20-9-14-32-15-10-20)21-8-11-27(17-21)23(29)18-6-7-18/h3-5,16,18,20-21H,6-15,17H2,1-2H3,(H,25,30). The third kappa shape index (κ3) is 5.72. The van der Waals surface area contributed by atoms with Crippen LogP contribution in [0.15, 0.2) is 24.3 Å². The van der Waals surface area contributed by atoms with E-state index in [4.69, 9.17) is 9.47 Å². The van der Waals surface area contributed by atoms with Gasteiger partial charge in [-0.15, -0.1) is 0 Å². The number of likely N-dealkylation sites (tertiary alicyclic amines) is 1. The Hall–Kier alpha value is -2.32. The maximum Gasteiger partial charge on any atom is 0.321 e. The summed E-state index contributed by atoms with van der Waals surface area (Å²) < 4.78 is 10.8. The minimum Gasteiger partial charge on any atom is -0.497 e.